The Labute approximate surface area is 101 Å². The van der Waals surface area contributed by atoms with Crippen molar-refractivity contribution >= 4 is 5.69 Å². The third-order valence-electron chi connectivity index (χ3n) is 3.08. The van der Waals surface area contributed by atoms with E-state index in [1.807, 2.05) is 15.6 Å². The number of nitrogens with zero attached hydrogens (tertiary/aromatic N) is 4. The Bertz CT molecular complexity index is 509. The zero-order chi connectivity index (χ0) is 12.4. The summed E-state index contributed by atoms with van der Waals surface area (Å²) < 4.78 is 3.89. The molecule has 5 nitrogen and oxygen atoms in total. The van der Waals surface area contributed by atoms with Gasteiger partial charge in [-0.1, -0.05) is 6.92 Å². The molecule has 0 unspecified atom stereocenters. The molecule has 17 heavy (non-hydrogen) atoms. The van der Waals surface area contributed by atoms with Crippen LogP contribution in [0.25, 0.3) is 0 Å². The second-order valence-corrected chi connectivity index (χ2v) is 4.26. The number of nitrogens with two attached hydrogens (primary N) is 1. The second-order valence-electron chi connectivity index (χ2n) is 4.26. The largest absolute Gasteiger partial charge is 0.396 e. The Hall–Kier alpha value is -1.78. The molecule has 0 spiro atoms. The highest BCUT2D eigenvalue weighted by molar-refractivity contribution is 5.30. The summed E-state index contributed by atoms with van der Waals surface area (Å²) in [5.74, 6) is 0. The van der Waals surface area contributed by atoms with Crippen molar-refractivity contribution in [2.45, 2.75) is 40.3 Å². The molecule has 2 aromatic rings. The van der Waals surface area contributed by atoms with Crippen molar-refractivity contribution in [1.29, 1.82) is 0 Å². The predicted octanol–water partition coefficient (Wildman–Crippen LogP) is 1.54. The summed E-state index contributed by atoms with van der Waals surface area (Å²) >= 11 is 0. The molecule has 2 N–H and O–H groups in total. The van der Waals surface area contributed by atoms with E-state index in [1.165, 1.54) is 11.3 Å². The lowest BCUT2D eigenvalue weighted by Gasteiger charge is -2.05. The van der Waals surface area contributed by atoms with E-state index in [4.69, 9.17) is 5.73 Å². The number of hydrogen-bond acceptors (Lipinski definition) is 3. The molecular weight excluding hydrogens is 214 g/mol. The molecule has 0 aliphatic rings. The van der Waals surface area contributed by atoms with Crippen molar-refractivity contribution in [3.8, 4) is 0 Å². The minimum atomic E-state index is 0.701. The number of nitrogen functional groups attached to an aromatic ring is 1. The standard InChI is InChI=1S/C12H19N5/c1-4-12-9(2)15-17(10(12)3)6-5-16-8-11(13)7-14-16/h7-8H,4-6,13H2,1-3H3. The van der Waals surface area contributed by atoms with Gasteiger partial charge in [0.25, 0.3) is 0 Å². The van der Waals surface area contributed by atoms with Gasteiger partial charge < -0.3 is 5.73 Å². The average molecular weight is 233 g/mol. The molecule has 0 amide bonds. The van der Waals surface area contributed by atoms with Crippen LogP contribution in [0.3, 0.4) is 0 Å². The van der Waals surface area contributed by atoms with Crippen LogP contribution in [0.1, 0.15) is 23.9 Å². The third kappa shape index (κ3) is 2.33. The first-order valence-corrected chi connectivity index (χ1v) is 5.92. The van der Waals surface area contributed by atoms with Gasteiger partial charge in [-0.25, -0.2) is 0 Å². The Morgan fingerprint density at radius 2 is 2.06 bits per heavy atom. The summed E-state index contributed by atoms with van der Waals surface area (Å²) in [5.41, 5.74) is 10.1. The first kappa shape index (κ1) is 11.7. The highest BCUT2D eigenvalue weighted by Gasteiger charge is 2.09. The first-order valence-electron chi connectivity index (χ1n) is 5.92. The van der Waals surface area contributed by atoms with Crippen LogP contribution in [-0.4, -0.2) is 19.6 Å². The molecule has 2 aromatic heterocycles. The molecule has 0 aliphatic heterocycles. The Morgan fingerprint density at radius 3 is 2.59 bits per heavy atom. The van der Waals surface area contributed by atoms with E-state index in [1.54, 1.807) is 6.20 Å². The van der Waals surface area contributed by atoms with Crippen molar-refractivity contribution in [2.24, 2.45) is 0 Å². The van der Waals surface area contributed by atoms with Crippen molar-refractivity contribution in [2.75, 3.05) is 5.73 Å². The fraction of sp³-hybridized carbons (Fsp3) is 0.500. The predicted molar refractivity (Wildman–Crippen MR) is 67.7 cm³/mol. The molecule has 0 aromatic carbocycles. The van der Waals surface area contributed by atoms with Gasteiger partial charge >= 0.3 is 0 Å². The van der Waals surface area contributed by atoms with Gasteiger partial charge in [0.05, 0.1) is 30.7 Å². The molecular formula is C12H19N5. The van der Waals surface area contributed by atoms with Gasteiger partial charge in [0.1, 0.15) is 0 Å². The summed E-state index contributed by atoms with van der Waals surface area (Å²) in [5, 5.41) is 8.71. The lowest BCUT2D eigenvalue weighted by atomic mass is 10.1. The van der Waals surface area contributed by atoms with E-state index < -0.39 is 0 Å². The normalized spacial score (nSPS) is 11.0. The molecule has 2 rings (SSSR count). The minimum Gasteiger partial charge on any atom is -0.396 e. The Balaban J connectivity index is 2.09. The molecule has 0 aliphatic carbocycles. The molecule has 0 fully saturated rings. The fourth-order valence-electron chi connectivity index (χ4n) is 2.16. The van der Waals surface area contributed by atoms with Gasteiger partial charge in [0.2, 0.25) is 0 Å². The number of aryl methyl sites for hydroxylation is 3. The fourth-order valence-corrected chi connectivity index (χ4v) is 2.16. The lowest BCUT2D eigenvalue weighted by molar-refractivity contribution is 0.490. The summed E-state index contributed by atoms with van der Waals surface area (Å²) in [6.45, 7) is 7.97. The van der Waals surface area contributed by atoms with Gasteiger partial charge in [0.15, 0.2) is 0 Å². The van der Waals surface area contributed by atoms with E-state index in [0.717, 1.165) is 25.2 Å². The molecule has 0 atom stereocenters. The molecule has 0 radical (unpaired) electrons. The molecule has 92 valence electrons. The summed E-state index contributed by atoms with van der Waals surface area (Å²) in [6, 6.07) is 0. The van der Waals surface area contributed by atoms with E-state index in [9.17, 15) is 0 Å². The number of anilines is 1. The molecule has 2 heterocycles. The molecule has 0 saturated carbocycles. The maximum absolute atomic E-state index is 5.62. The summed E-state index contributed by atoms with van der Waals surface area (Å²) in [6.07, 6.45) is 4.54. The zero-order valence-corrected chi connectivity index (χ0v) is 10.6. The van der Waals surface area contributed by atoms with Crippen molar-refractivity contribution in [3.63, 3.8) is 0 Å². The quantitative estimate of drug-likeness (QED) is 0.871. The second kappa shape index (κ2) is 4.61. The highest BCUT2D eigenvalue weighted by Crippen LogP contribution is 2.13. The third-order valence-corrected chi connectivity index (χ3v) is 3.08. The first-order chi connectivity index (χ1) is 8.11. The van der Waals surface area contributed by atoms with Crippen LogP contribution in [0.2, 0.25) is 0 Å². The summed E-state index contributed by atoms with van der Waals surface area (Å²) in [7, 11) is 0. The van der Waals surface area contributed by atoms with Crippen molar-refractivity contribution < 1.29 is 0 Å². The van der Waals surface area contributed by atoms with Crippen molar-refractivity contribution in [1.82, 2.24) is 19.6 Å². The molecule has 0 bridgehead atoms. The average Bonchev–Trinajstić information content (AvgIpc) is 2.81. The smallest absolute Gasteiger partial charge is 0.0719 e. The van der Waals surface area contributed by atoms with E-state index >= 15 is 0 Å². The zero-order valence-electron chi connectivity index (χ0n) is 10.6. The number of aromatic nitrogens is 4. The minimum absolute atomic E-state index is 0.701. The van der Waals surface area contributed by atoms with Crippen LogP contribution in [0.5, 0.6) is 0 Å². The Kier molecular flexibility index (Phi) is 3.17. The summed E-state index contributed by atoms with van der Waals surface area (Å²) in [4.78, 5) is 0. The van der Waals surface area contributed by atoms with Crippen molar-refractivity contribution in [3.05, 3.63) is 29.3 Å². The SMILES string of the molecule is CCc1c(C)nn(CCn2cc(N)cn2)c1C. The van der Waals surface area contributed by atoms with Crippen LogP contribution in [-0.2, 0) is 19.5 Å². The van der Waals surface area contributed by atoms with Gasteiger partial charge in [-0.2, -0.15) is 10.2 Å². The van der Waals surface area contributed by atoms with Crippen LogP contribution < -0.4 is 5.73 Å². The van der Waals surface area contributed by atoms with E-state index in [2.05, 4.69) is 31.0 Å². The van der Waals surface area contributed by atoms with Crippen LogP contribution in [0.4, 0.5) is 5.69 Å². The maximum atomic E-state index is 5.62. The van der Waals surface area contributed by atoms with Gasteiger partial charge in [-0.05, 0) is 25.8 Å². The van der Waals surface area contributed by atoms with E-state index in [0.29, 0.717) is 5.69 Å². The number of hydrogen-bond donors (Lipinski definition) is 1. The Morgan fingerprint density at radius 1 is 1.29 bits per heavy atom. The topological polar surface area (TPSA) is 61.7 Å². The maximum Gasteiger partial charge on any atom is 0.0719 e. The molecule has 0 saturated heterocycles. The monoisotopic (exact) mass is 233 g/mol. The van der Waals surface area contributed by atoms with Crippen LogP contribution in [0.15, 0.2) is 12.4 Å². The van der Waals surface area contributed by atoms with E-state index in [-0.39, 0.29) is 0 Å². The van der Waals surface area contributed by atoms with Gasteiger partial charge in [-0.15, -0.1) is 0 Å². The van der Waals surface area contributed by atoms with Gasteiger partial charge in [-0.3, -0.25) is 9.36 Å². The molecule has 5 heteroatoms. The highest BCUT2D eigenvalue weighted by atomic mass is 15.3. The lowest BCUT2D eigenvalue weighted by Crippen LogP contribution is -2.10. The van der Waals surface area contributed by atoms with Crippen LogP contribution in [0, 0.1) is 13.8 Å². The van der Waals surface area contributed by atoms with Gasteiger partial charge in [0, 0.05) is 11.9 Å². The van der Waals surface area contributed by atoms with Crippen LogP contribution >= 0.6 is 0 Å². The number of rotatable bonds is 4.